The van der Waals surface area contributed by atoms with E-state index in [1.807, 2.05) is 0 Å². The lowest BCUT2D eigenvalue weighted by Crippen LogP contribution is -2.32. The Bertz CT molecular complexity index is 997. The van der Waals surface area contributed by atoms with Crippen LogP contribution in [0.15, 0.2) is 35.3 Å². The highest BCUT2D eigenvalue weighted by molar-refractivity contribution is 5.94. The molecule has 2 heterocycles. The van der Waals surface area contributed by atoms with Crippen LogP contribution >= 0.6 is 0 Å². The second kappa shape index (κ2) is 6.26. The van der Waals surface area contributed by atoms with Gasteiger partial charge in [-0.05, 0) is 18.2 Å². The van der Waals surface area contributed by atoms with E-state index in [0.29, 0.717) is 22.3 Å². The average Bonchev–Trinajstić information content (AvgIpc) is 3.04. The molecule has 8 heteroatoms. The SMILES string of the molecule is C#Cc1cccc(NC(=O)CN(C)c2nc3[nH]ncc3c(=O)[nH]2)c1. The van der Waals surface area contributed by atoms with Gasteiger partial charge in [0, 0.05) is 18.3 Å². The molecule has 0 unspecified atom stereocenters. The van der Waals surface area contributed by atoms with E-state index in [4.69, 9.17) is 6.42 Å². The number of benzene rings is 1. The molecule has 0 aliphatic carbocycles. The van der Waals surface area contributed by atoms with E-state index >= 15 is 0 Å². The maximum atomic E-state index is 12.1. The predicted octanol–water partition coefficient (Wildman–Crippen LogP) is 0.702. The Balaban J connectivity index is 1.73. The fourth-order valence-electron chi connectivity index (χ4n) is 2.19. The summed E-state index contributed by atoms with van der Waals surface area (Å²) >= 11 is 0. The van der Waals surface area contributed by atoms with Crippen molar-refractivity contribution in [2.24, 2.45) is 0 Å². The van der Waals surface area contributed by atoms with Crippen LogP contribution in [0.4, 0.5) is 11.6 Å². The second-order valence-electron chi connectivity index (χ2n) is 5.15. The molecule has 3 aromatic rings. The molecule has 1 aromatic carbocycles. The van der Waals surface area contributed by atoms with Gasteiger partial charge in [-0.3, -0.25) is 19.7 Å². The summed E-state index contributed by atoms with van der Waals surface area (Å²) in [5, 5.41) is 9.52. The zero-order valence-corrected chi connectivity index (χ0v) is 12.8. The predicted molar refractivity (Wildman–Crippen MR) is 90.8 cm³/mol. The van der Waals surface area contributed by atoms with Crippen molar-refractivity contribution >= 4 is 28.6 Å². The summed E-state index contributed by atoms with van der Waals surface area (Å²) in [6, 6.07) is 6.99. The summed E-state index contributed by atoms with van der Waals surface area (Å²) in [5.74, 6) is 2.51. The van der Waals surface area contributed by atoms with Gasteiger partial charge in [0.25, 0.3) is 5.56 Å². The van der Waals surface area contributed by atoms with Gasteiger partial charge in [-0.2, -0.15) is 10.1 Å². The number of rotatable bonds is 4. The number of fused-ring (bicyclic) bond motifs is 1. The normalized spacial score (nSPS) is 10.3. The molecule has 0 saturated heterocycles. The smallest absolute Gasteiger partial charge is 0.263 e. The molecule has 1 amide bonds. The number of anilines is 2. The van der Waals surface area contributed by atoms with E-state index in [1.165, 1.54) is 11.1 Å². The van der Waals surface area contributed by atoms with Crippen molar-refractivity contribution in [1.82, 2.24) is 20.2 Å². The van der Waals surface area contributed by atoms with Crippen LogP contribution in [0.3, 0.4) is 0 Å². The highest BCUT2D eigenvalue weighted by Gasteiger charge is 2.12. The Morgan fingerprint density at radius 1 is 1.46 bits per heavy atom. The zero-order valence-electron chi connectivity index (χ0n) is 12.8. The standard InChI is InChI=1S/C16H14N6O2/c1-3-10-5-4-6-11(7-10)18-13(23)9-22(2)16-19-14-12(8-17-21-14)15(24)20-16/h1,4-8H,9H2,2H3,(H,18,23)(H2,17,19,20,21,24). The molecular formula is C16H14N6O2. The van der Waals surface area contributed by atoms with Crippen LogP contribution in [0, 0.1) is 12.3 Å². The van der Waals surface area contributed by atoms with E-state index in [-0.39, 0.29) is 24.0 Å². The van der Waals surface area contributed by atoms with Gasteiger partial charge >= 0.3 is 0 Å². The summed E-state index contributed by atoms with van der Waals surface area (Å²) in [5.41, 5.74) is 1.33. The van der Waals surface area contributed by atoms with E-state index in [9.17, 15) is 9.59 Å². The van der Waals surface area contributed by atoms with Crippen LogP contribution < -0.4 is 15.8 Å². The largest absolute Gasteiger partial charge is 0.336 e. The van der Waals surface area contributed by atoms with Gasteiger partial charge in [0.15, 0.2) is 5.65 Å². The van der Waals surface area contributed by atoms with Gasteiger partial charge < -0.3 is 10.2 Å². The Morgan fingerprint density at radius 2 is 2.29 bits per heavy atom. The molecule has 24 heavy (non-hydrogen) atoms. The molecule has 8 nitrogen and oxygen atoms in total. The Labute approximate surface area is 136 Å². The van der Waals surface area contributed by atoms with Crippen molar-refractivity contribution < 1.29 is 4.79 Å². The number of hydrogen-bond donors (Lipinski definition) is 3. The van der Waals surface area contributed by atoms with Crippen molar-refractivity contribution in [2.75, 3.05) is 23.8 Å². The minimum atomic E-state index is -0.322. The minimum absolute atomic E-state index is 0.00284. The first kappa shape index (κ1) is 15.3. The number of hydrogen-bond acceptors (Lipinski definition) is 5. The molecule has 0 bridgehead atoms. The molecule has 0 saturated carbocycles. The summed E-state index contributed by atoms with van der Waals surface area (Å²) in [6.45, 7) is 0.00284. The third-order valence-corrected chi connectivity index (χ3v) is 3.36. The van der Waals surface area contributed by atoms with Gasteiger partial charge in [-0.1, -0.05) is 12.0 Å². The van der Waals surface area contributed by atoms with Crippen LogP contribution in [-0.2, 0) is 4.79 Å². The lowest BCUT2D eigenvalue weighted by molar-refractivity contribution is -0.114. The fraction of sp³-hybridized carbons (Fsp3) is 0.125. The lowest BCUT2D eigenvalue weighted by Gasteiger charge is -2.17. The van der Waals surface area contributed by atoms with Gasteiger partial charge in [0.05, 0.1) is 12.7 Å². The summed E-state index contributed by atoms with van der Waals surface area (Å²) in [4.78, 5) is 32.4. The Kier molecular flexibility index (Phi) is 3.99. The van der Waals surface area contributed by atoms with Crippen LogP contribution in [0.1, 0.15) is 5.56 Å². The summed E-state index contributed by atoms with van der Waals surface area (Å²) in [7, 11) is 1.65. The number of aromatic amines is 2. The Hall–Kier alpha value is -3.60. The van der Waals surface area contributed by atoms with Gasteiger partial charge in [-0.25, -0.2) is 0 Å². The van der Waals surface area contributed by atoms with E-state index in [2.05, 4.69) is 31.4 Å². The molecular weight excluding hydrogens is 308 g/mol. The molecule has 0 radical (unpaired) electrons. The van der Waals surface area contributed by atoms with Crippen molar-refractivity contribution in [1.29, 1.82) is 0 Å². The van der Waals surface area contributed by atoms with Crippen LogP contribution in [0.5, 0.6) is 0 Å². The van der Waals surface area contributed by atoms with Crippen molar-refractivity contribution in [3.05, 3.63) is 46.4 Å². The number of likely N-dealkylation sites (N-methyl/N-ethyl adjacent to an activating group) is 1. The maximum Gasteiger partial charge on any atom is 0.263 e. The van der Waals surface area contributed by atoms with Crippen molar-refractivity contribution in [3.63, 3.8) is 0 Å². The number of carbonyl (C=O) groups is 1. The Morgan fingerprint density at radius 3 is 3.08 bits per heavy atom. The molecule has 0 atom stereocenters. The molecule has 0 aliphatic rings. The highest BCUT2D eigenvalue weighted by Crippen LogP contribution is 2.11. The van der Waals surface area contributed by atoms with Crippen LogP contribution in [-0.4, -0.2) is 39.7 Å². The number of terminal acetylenes is 1. The number of carbonyl (C=O) groups excluding carboxylic acids is 1. The highest BCUT2D eigenvalue weighted by atomic mass is 16.2. The van der Waals surface area contributed by atoms with Gasteiger partial charge in [0.2, 0.25) is 11.9 Å². The number of aromatic nitrogens is 4. The zero-order chi connectivity index (χ0) is 17.1. The molecule has 3 rings (SSSR count). The average molecular weight is 322 g/mol. The third-order valence-electron chi connectivity index (χ3n) is 3.36. The number of nitrogens with zero attached hydrogens (tertiary/aromatic N) is 3. The molecule has 120 valence electrons. The molecule has 2 aromatic heterocycles. The second-order valence-corrected chi connectivity index (χ2v) is 5.15. The molecule has 0 fully saturated rings. The number of H-pyrrole nitrogens is 2. The van der Waals surface area contributed by atoms with Crippen LogP contribution in [0.25, 0.3) is 11.0 Å². The maximum absolute atomic E-state index is 12.1. The topological polar surface area (TPSA) is 107 Å². The van der Waals surface area contributed by atoms with E-state index in [0.717, 1.165) is 0 Å². The quantitative estimate of drug-likeness (QED) is 0.613. The first-order chi connectivity index (χ1) is 11.6. The van der Waals surface area contributed by atoms with Crippen molar-refractivity contribution in [3.8, 4) is 12.3 Å². The first-order valence-corrected chi connectivity index (χ1v) is 7.08. The minimum Gasteiger partial charge on any atom is -0.336 e. The van der Waals surface area contributed by atoms with E-state index < -0.39 is 0 Å². The summed E-state index contributed by atoms with van der Waals surface area (Å²) < 4.78 is 0. The number of amides is 1. The van der Waals surface area contributed by atoms with Crippen LogP contribution in [0.2, 0.25) is 0 Å². The fourth-order valence-corrected chi connectivity index (χ4v) is 2.19. The van der Waals surface area contributed by atoms with E-state index in [1.54, 1.807) is 31.3 Å². The molecule has 3 N–H and O–H groups in total. The lowest BCUT2D eigenvalue weighted by atomic mass is 10.2. The summed E-state index contributed by atoms with van der Waals surface area (Å²) in [6.07, 6.45) is 6.73. The third kappa shape index (κ3) is 3.10. The molecule has 0 aliphatic heterocycles. The van der Waals surface area contributed by atoms with Gasteiger partial charge in [0.1, 0.15) is 5.39 Å². The number of nitrogens with one attached hydrogen (secondary N) is 3. The first-order valence-electron chi connectivity index (χ1n) is 7.08. The van der Waals surface area contributed by atoms with Gasteiger partial charge in [-0.15, -0.1) is 6.42 Å². The molecule has 0 spiro atoms. The van der Waals surface area contributed by atoms with Crippen molar-refractivity contribution in [2.45, 2.75) is 0 Å². The monoisotopic (exact) mass is 322 g/mol.